The summed E-state index contributed by atoms with van der Waals surface area (Å²) < 4.78 is 6.14. The van der Waals surface area contributed by atoms with Gasteiger partial charge in [0, 0.05) is 11.6 Å². The largest absolute Gasteiger partial charge is 0.353 e. The molecule has 1 aromatic carbocycles. The number of ether oxygens (including phenoxy) is 1. The number of aryl methyl sites for hydroxylation is 1. The quantitative estimate of drug-likeness (QED) is 0.917. The van der Waals surface area contributed by atoms with Gasteiger partial charge in [-0.05, 0) is 58.1 Å². The summed E-state index contributed by atoms with van der Waals surface area (Å²) in [4.78, 5) is 27.9. The molecule has 0 radical (unpaired) electrons. The molecule has 1 saturated heterocycles. The molecule has 0 aromatic heterocycles. The molecule has 2 aliphatic rings. The van der Waals surface area contributed by atoms with Gasteiger partial charge in [-0.3, -0.25) is 14.5 Å². The first-order valence-corrected chi connectivity index (χ1v) is 9.28. The highest BCUT2D eigenvalue weighted by molar-refractivity contribution is 5.99. The molecule has 1 spiro atoms. The van der Waals surface area contributed by atoms with Crippen molar-refractivity contribution in [2.24, 2.45) is 0 Å². The van der Waals surface area contributed by atoms with Crippen LogP contribution in [-0.4, -0.2) is 41.1 Å². The van der Waals surface area contributed by atoms with E-state index >= 15 is 0 Å². The Labute approximate surface area is 149 Å². The van der Waals surface area contributed by atoms with E-state index in [1.165, 1.54) is 0 Å². The first-order valence-electron chi connectivity index (χ1n) is 9.28. The topological polar surface area (TPSA) is 58.6 Å². The van der Waals surface area contributed by atoms with Gasteiger partial charge in [0.15, 0.2) is 0 Å². The molecule has 0 bridgehead atoms. The van der Waals surface area contributed by atoms with E-state index in [0.29, 0.717) is 5.56 Å². The van der Waals surface area contributed by atoms with Gasteiger partial charge in [0.2, 0.25) is 5.91 Å². The molecule has 1 aromatic rings. The number of nitrogens with one attached hydrogen (secondary N) is 1. The molecule has 5 heteroatoms. The van der Waals surface area contributed by atoms with Crippen molar-refractivity contribution in [1.82, 2.24) is 10.2 Å². The van der Waals surface area contributed by atoms with Gasteiger partial charge in [-0.2, -0.15) is 0 Å². The van der Waals surface area contributed by atoms with Crippen molar-refractivity contribution in [2.45, 2.75) is 70.7 Å². The number of amides is 2. The standard InChI is InChI=1S/C20H28N2O3/c1-14(2)21-18(23)17-13-25-20(11-7-4-8-12-20)22(17)19(24)16-10-6-5-9-15(16)3/h5-6,9-10,14,17H,4,7-8,11-13H2,1-3H3,(H,21,23)/t17-/m1/s1. The zero-order valence-corrected chi connectivity index (χ0v) is 15.4. The van der Waals surface area contributed by atoms with E-state index < -0.39 is 11.8 Å². The van der Waals surface area contributed by atoms with Crippen LogP contribution in [0.5, 0.6) is 0 Å². The summed E-state index contributed by atoms with van der Waals surface area (Å²) in [6.07, 6.45) is 4.80. The SMILES string of the molecule is Cc1ccccc1C(=O)N1[C@@H](C(=O)NC(C)C)COC12CCCCC2. The fraction of sp³-hybridized carbons (Fsp3) is 0.600. The zero-order chi connectivity index (χ0) is 18.0. The molecule has 2 amide bonds. The van der Waals surface area contributed by atoms with E-state index in [4.69, 9.17) is 4.74 Å². The molecule has 1 N–H and O–H groups in total. The highest BCUT2D eigenvalue weighted by Gasteiger charge is 2.53. The molecule has 3 rings (SSSR count). The summed E-state index contributed by atoms with van der Waals surface area (Å²) in [6.45, 7) is 6.06. The Morgan fingerprint density at radius 2 is 1.88 bits per heavy atom. The minimum Gasteiger partial charge on any atom is -0.353 e. The zero-order valence-electron chi connectivity index (χ0n) is 15.4. The van der Waals surface area contributed by atoms with Crippen molar-refractivity contribution >= 4 is 11.8 Å². The van der Waals surface area contributed by atoms with Crippen LogP contribution in [0, 0.1) is 6.92 Å². The summed E-state index contributed by atoms with van der Waals surface area (Å²) in [5.41, 5.74) is 0.949. The molecular weight excluding hydrogens is 316 g/mol. The lowest BCUT2D eigenvalue weighted by atomic mass is 9.89. The summed E-state index contributed by atoms with van der Waals surface area (Å²) in [5, 5.41) is 2.94. The lowest BCUT2D eigenvalue weighted by molar-refractivity contribution is -0.127. The maximum Gasteiger partial charge on any atom is 0.257 e. The van der Waals surface area contributed by atoms with Crippen LogP contribution in [-0.2, 0) is 9.53 Å². The summed E-state index contributed by atoms with van der Waals surface area (Å²) in [7, 11) is 0. The van der Waals surface area contributed by atoms with Gasteiger partial charge < -0.3 is 10.1 Å². The number of hydrogen-bond acceptors (Lipinski definition) is 3. The summed E-state index contributed by atoms with van der Waals surface area (Å²) in [5.74, 6) is -0.221. The van der Waals surface area contributed by atoms with Gasteiger partial charge in [-0.15, -0.1) is 0 Å². The number of benzene rings is 1. The van der Waals surface area contributed by atoms with Crippen LogP contribution < -0.4 is 5.32 Å². The van der Waals surface area contributed by atoms with Crippen molar-refractivity contribution in [2.75, 3.05) is 6.61 Å². The van der Waals surface area contributed by atoms with E-state index in [-0.39, 0.29) is 24.5 Å². The molecule has 1 aliphatic carbocycles. The highest BCUT2D eigenvalue weighted by Crippen LogP contribution is 2.41. The molecule has 2 fully saturated rings. The molecule has 5 nitrogen and oxygen atoms in total. The molecule has 136 valence electrons. The molecule has 1 atom stereocenters. The Balaban J connectivity index is 1.96. The maximum atomic E-state index is 13.4. The Morgan fingerprint density at radius 1 is 1.20 bits per heavy atom. The first kappa shape index (κ1) is 17.9. The Kier molecular flexibility index (Phi) is 5.13. The monoisotopic (exact) mass is 344 g/mol. The van der Waals surface area contributed by atoms with Gasteiger partial charge in [-0.25, -0.2) is 0 Å². The van der Waals surface area contributed by atoms with Crippen molar-refractivity contribution in [3.63, 3.8) is 0 Å². The average molecular weight is 344 g/mol. The summed E-state index contributed by atoms with van der Waals surface area (Å²) in [6, 6.07) is 7.03. The third-order valence-electron chi connectivity index (χ3n) is 5.22. The number of hydrogen-bond donors (Lipinski definition) is 1. The smallest absolute Gasteiger partial charge is 0.257 e. The van der Waals surface area contributed by atoms with Crippen LogP contribution in [0.15, 0.2) is 24.3 Å². The van der Waals surface area contributed by atoms with Crippen molar-refractivity contribution < 1.29 is 14.3 Å². The Morgan fingerprint density at radius 3 is 2.52 bits per heavy atom. The predicted molar refractivity (Wildman–Crippen MR) is 96.2 cm³/mol. The second kappa shape index (κ2) is 7.16. The van der Waals surface area contributed by atoms with Crippen LogP contribution in [0.3, 0.4) is 0 Å². The number of carbonyl (C=O) groups is 2. The van der Waals surface area contributed by atoms with Gasteiger partial charge in [0.1, 0.15) is 11.8 Å². The molecule has 1 heterocycles. The molecule has 25 heavy (non-hydrogen) atoms. The van der Waals surface area contributed by atoms with Gasteiger partial charge in [-0.1, -0.05) is 24.6 Å². The van der Waals surface area contributed by atoms with Crippen LogP contribution in [0.25, 0.3) is 0 Å². The van der Waals surface area contributed by atoms with Gasteiger partial charge in [0.05, 0.1) is 6.61 Å². The van der Waals surface area contributed by atoms with Crippen LogP contribution in [0.4, 0.5) is 0 Å². The Hall–Kier alpha value is -1.88. The molecular formula is C20H28N2O3. The molecule has 0 unspecified atom stereocenters. The van der Waals surface area contributed by atoms with Crippen molar-refractivity contribution in [3.8, 4) is 0 Å². The van der Waals surface area contributed by atoms with E-state index in [0.717, 1.165) is 37.7 Å². The van der Waals surface area contributed by atoms with Crippen molar-refractivity contribution in [1.29, 1.82) is 0 Å². The van der Waals surface area contributed by atoms with Gasteiger partial charge in [0.25, 0.3) is 5.91 Å². The third-order valence-corrected chi connectivity index (χ3v) is 5.22. The fourth-order valence-corrected chi connectivity index (χ4v) is 3.99. The fourth-order valence-electron chi connectivity index (χ4n) is 3.99. The maximum absolute atomic E-state index is 13.4. The molecule has 1 saturated carbocycles. The van der Waals surface area contributed by atoms with Gasteiger partial charge >= 0.3 is 0 Å². The predicted octanol–water partition coefficient (Wildman–Crippen LogP) is 3.02. The van der Waals surface area contributed by atoms with Crippen molar-refractivity contribution in [3.05, 3.63) is 35.4 Å². The van der Waals surface area contributed by atoms with E-state index in [2.05, 4.69) is 5.32 Å². The van der Waals surface area contributed by atoms with Crippen LogP contribution in [0.1, 0.15) is 61.9 Å². The number of nitrogens with zero attached hydrogens (tertiary/aromatic N) is 1. The van der Waals surface area contributed by atoms with Crippen LogP contribution in [0.2, 0.25) is 0 Å². The lowest BCUT2D eigenvalue weighted by Gasteiger charge is -2.41. The van der Waals surface area contributed by atoms with E-state index in [1.807, 2.05) is 45.0 Å². The highest BCUT2D eigenvalue weighted by atomic mass is 16.5. The number of rotatable bonds is 3. The molecule has 1 aliphatic heterocycles. The first-order chi connectivity index (χ1) is 11.9. The average Bonchev–Trinajstić information content (AvgIpc) is 2.93. The van der Waals surface area contributed by atoms with E-state index in [9.17, 15) is 9.59 Å². The minimum atomic E-state index is -0.628. The lowest BCUT2D eigenvalue weighted by Crippen LogP contribution is -2.57. The minimum absolute atomic E-state index is 0.0332. The second-order valence-corrected chi connectivity index (χ2v) is 7.49. The number of carbonyl (C=O) groups excluding carboxylic acids is 2. The van der Waals surface area contributed by atoms with E-state index in [1.54, 1.807) is 4.90 Å². The third kappa shape index (κ3) is 3.43. The van der Waals surface area contributed by atoms with Crippen LogP contribution >= 0.6 is 0 Å². The normalized spacial score (nSPS) is 22.4. The summed E-state index contributed by atoms with van der Waals surface area (Å²) >= 11 is 0. The second-order valence-electron chi connectivity index (χ2n) is 7.49. The Bertz CT molecular complexity index is 650.